The highest BCUT2D eigenvalue weighted by molar-refractivity contribution is 7.93. The van der Waals surface area contributed by atoms with E-state index in [0.717, 1.165) is 0 Å². The van der Waals surface area contributed by atoms with Crippen molar-refractivity contribution in [2.45, 2.75) is 4.90 Å². The largest absolute Gasteiger partial charge is 0.503 e. The lowest BCUT2D eigenvalue weighted by Crippen LogP contribution is -2.12. The minimum atomic E-state index is -3.74. The van der Waals surface area contributed by atoms with Crippen LogP contribution in [0.5, 0.6) is 11.5 Å². The van der Waals surface area contributed by atoms with Crippen LogP contribution in [0.4, 0.5) is 16.7 Å². The van der Waals surface area contributed by atoms with Gasteiger partial charge in [0, 0.05) is 11.6 Å². The Kier molecular flexibility index (Phi) is 4.91. The highest BCUT2D eigenvalue weighted by Gasteiger charge is 2.16. The predicted molar refractivity (Wildman–Crippen MR) is 108 cm³/mol. The molecule has 0 bridgehead atoms. The summed E-state index contributed by atoms with van der Waals surface area (Å²) >= 11 is 1.18. The first-order valence-corrected chi connectivity index (χ1v) is 10.6. The van der Waals surface area contributed by atoms with Gasteiger partial charge in [-0.2, -0.15) is 0 Å². The van der Waals surface area contributed by atoms with Crippen molar-refractivity contribution >= 4 is 49.0 Å². The second-order valence-electron chi connectivity index (χ2n) is 5.75. The normalized spacial score (nSPS) is 11.9. The van der Waals surface area contributed by atoms with Gasteiger partial charge in [-0.15, -0.1) is 21.6 Å². The molecule has 0 amide bonds. The van der Waals surface area contributed by atoms with Gasteiger partial charge in [-0.25, -0.2) is 13.4 Å². The second-order valence-corrected chi connectivity index (χ2v) is 8.33. The van der Waals surface area contributed by atoms with Gasteiger partial charge in [0.25, 0.3) is 15.9 Å². The molecule has 2 aromatic heterocycles. The summed E-state index contributed by atoms with van der Waals surface area (Å²) in [5.41, 5.74) is 0.822. The molecule has 2 heterocycles. The van der Waals surface area contributed by atoms with Crippen LogP contribution in [0.1, 0.15) is 0 Å². The Balaban J connectivity index is 1.55. The Morgan fingerprint density at radius 2 is 1.97 bits per heavy atom. The zero-order valence-electron chi connectivity index (χ0n) is 14.9. The van der Waals surface area contributed by atoms with Crippen molar-refractivity contribution in [3.8, 4) is 11.5 Å². The molecule has 11 heteroatoms. The number of hydrogen-bond acceptors (Lipinski definition) is 9. The summed E-state index contributed by atoms with van der Waals surface area (Å²) in [4.78, 5) is 3.96. The van der Waals surface area contributed by atoms with Gasteiger partial charge in [0.1, 0.15) is 11.3 Å². The third kappa shape index (κ3) is 3.91. The van der Waals surface area contributed by atoms with Gasteiger partial charge in [0.2, 0.25) is 0 Å². The average molecular weight is 430 g/mol. The van der Waals surface area contributed by atoms with Crippen LogP contribution in [-0.2, 0) is 10.0 Å². The molecular formula is C18H14N4O5S2. The van der Waals surface area contributed by atoms with E-state index < -0.39 is 10.0 Å². The molecule has 2 aromatic carbocycles. The van der Waals surface area contributed by atoms with E-state index in [1.165, 1.54) is 48.9 Å². The molecule has 4 rings (SSSR count). The van der Waals surface area contributed by atoms with Crippen molar-refractivity contribution < 1.29 is 22.7 Å². The monoisotopic (exact) mass is 430 g/mol. The number of benzene rings is 2. The van der Waals surface area contributed by atoms with E-state index in [9.17, 15) is 13.5 Å². The van der Waals surface area contributed by atoms with Crippen LogP contribution in [0, 0.1) is 0 Å². The van der Waals surface area contributed by atoms with Crippen LogP contribution < -0.4 is 9.46 Å². The number of fused-ring (bicyclic) bond motifs is 1. The third-order valence-electron chi connectivity index (χ3n) is 3.91. The maximum Gasteiger partial charge on any atom is 0.282 e. The summed E-state index contributed by atoms with van der Waals surface area (Å²) in [5, 5.41) is 20.6. The van der Waals surface area contributed by atoms with Gasteiger partial charge < -0.3 is 14.3 Å². The Bertz CT molecular complexity index is 1280. The zero-order chi connectivity index (χ0) is 20.4. The number of azo groups is 1. The SMILES string of the molecule is COc1ccc2oc(N=Nc3ccc(S(=O)(=O)Nc4nccs4)cc3)c(O)c2c1. The van der Waals surface area contributed by atoms with E-state index in [4.69, 9.17) is 9.15 Å². The second kappa shape index (κ2) is 7.53. The van der Waals surface area contributed by atoms with Crippen LogP contribution in [-0.4, -0.2) is 25.6 Å². The minimum absolute atomic E-state index is 0.0598. The number of nitrogens with one attached hydrogen (secondary N) is 1. The maximum absolute atomic E-state index is 12.3. The van der Waals surface area contributed by atoms with Gasteiger partial charge >= 0.3 is 0 Å². The molecule has 0 fully saturated rings. The fourth-order valence-electron chi connectivity index (χ4n) is 2.49. The van der Waals surface area contributed by atoms with Crippen molar-refractivity contribution in [3.05, 3.63) is 54.0 Å². The zero-order valence-corrected chi connectivity index (χ0v) is 16.6. The first-order valence-electron chi connectivity index (χ1n) is 8.20. The molecule has 9 nitrogen and oxygen atoms in total. The highest BCUT2D eigenvalue weighted by atomic mass is 32.2. The first kappa shape index (κ1) is 18.9. The molecule has 0 radical (unpaired) electrons. The number of hydrogen-bond donors (Lipinski definition) is 2. The van der Waals surface area contributed by atoms with Crippen molar-refractivity contribution in [3.63, 3.8) is 0 Å². The number of thiazole rings is 1. The molecule has 2 N–H and O–H groups in total. The molecule has 0 saturated heterocycles. The van der Waals surface area contributed by atoms with Crippen molar-refractivity contribution in [1.29, 1.82) is 0 Å². The van der Waals surface area contributed by atoms with E-state index in [0.29, 0.717) is 22.4 Å². The molecular weight excluding hydrogens is 416 g/mol. The van der Waals surface area contributed by atoms with Crippen LogP contribution in [0.3, 0.4) is 0 Å². The number of aromatic hydroxyl groups is 1. The lowest BCUT2D eigenvalue weighted by atomic mass is 10.2. The van der Waals surface area contributed by atoms with Crippen LogP contribution in [0.2, 0.25) is 0 Å². The third-order valence-corrected chi connectivity index (χ3v) is 6.08. The molecule has 0 aliphatic carbocycles. The van der Waals surface area contributed by atoms with Crippen molar-refractivity contribution in [1.82, 2.24) is 4.98 Å². The van der Waals surface area contributed by atoms with Crippen LogP contribution >= 0.6 is 11.3 Å². The number of aromatic nitrogens is 1. The van der Waals surface area contributed by atoms with Gasteiger partial charge in [-0.3, -0.25) is 4.72 Å². The number of sulfonamides is 1. The number of rotatable bonds is 6. The fourth-order valence-corrected chi connectivity index (χ4v) is 4.28. The molecule has 148 valence electrons. The minimum Gasteiger partial charge on any atom is -0.503 e. The van der Waals surface area contributed by atoms with E-state index in [-0.39, 0.29) is 21.7 Å². The van der Waals surface area contributed by atoms with E-state index in [1.807, 2.05) is 0 Å². The molecule has 0 aliphatic rings. The van der Waals surface area contributed by atoms with E-state index >= 15 is 0 Å². The van der Waals surface area contributed by atoms with Gasteiger partial charge in [0.05, 0.1) is 23.1 Å². The highest BCUT2D eigenvalue weighted by Crippen LogP contribution is 2.40. The summed E-state index contributed by atoms with van der Waals surface area (Å²) in [6, 6.07) is 10.8. The van der Waals surface area contributed by atoms with Crippen molar-refractivity contribution in [2.24, 2.45) is 10.2 Å². The molecule has 0 unspecified atom stereocenters. The fraction of sp³-hybridized carbons (Fsp3) is 0.0556. The molecule has 0 saturated carbocycles. The Morgan fingerprint density at radius 1 is 1.17 bits per heavy atom. The molecule has 29 heavy (non-hydrogen) atoms. The summed E-state index contributed by atoms with van der Waals surface area (Å²) < 4.78 is 37.7. The van der Waals surface area contributed by atoms with Crippen LogP contribution in [0.15, 0.2) is 73.6 Å². The Morgan fingerprint density at radius 3 is 2.66 bits per heavy atom. The quantitative estimate of drug-likeness (QED) is 0.422. The Hall–Kier alpha value is -3.44. The average Bonchev–Trinajstić information content (AvgIpc) is 3.34. The van der Waals surface area contributed by atoms with Crippen molar-refractivity contribution in [2.75, 3.05) is 11.8 Å². The van der Waals surface area contributed by atoms with Gasteiger partial charge in [0.15, 0.2) is 10.9 Å². The van der Waals surface area contributed by atoms with E-state index in [2.05, 4.69) is 19.9 Å². The maximum atomic E-state index is 12.3. The number of nitrogens with zero attached hydrogens (tertiary/aromatic N) is 3. The Labute approximate surface area is 169 Å². The number of furan rings is 1. The standard InChI is InChI=1S/C18H14N4O5S2/c1-26-12-4-7-15-14(10-12)16(23)17(27-15)21-20-11-2-5-13(6-3-11)29(24,25)22-18-19-8-9-28-18/h2-10,23H,1H3,(H,19,22). The number of ether oxygens (including phenoxy) is 1. The molecule has 0 aliphatic heterocycles. The van der Waals surface area contributed by atoms with E-state index in [1.54, 1.807) is 23.6 Å². The summed E-state index contributed by atoms with van der Waals surface area (Å²) in [6.45, 7) is 0. The summed E-state index contributed by atoms with van der Waals surface area (Å²) in [7, 11) is -2.22. The number of anilines is 1. The molecule has 0 spiro atoms. The van der Waals surface area contributed by atoms with Gasteiger partial charge in [-0.1, -0.05) is 0 Å². The molecule has 0 atom stereocenters. The van der Waals surface area contributed by atoms with Gasteiger partial charge in [-0.05, 0) is 42.5 Å². The smallest absolute Gasteiger partial charge is 0.282 e. The lowest BCUT2D eigenvalue weighted by Gasteiger charge is -2.04. The summed E-state index contributed by atoms with van der Waals surface area (Å²) in [6.07, 6.45) is 1.51. The first-order chi connectivity index (χ1) is 14.0. The summed E-state index contributed by atoms with van der Waals surface area (Å²) in [5.74, 6) is 0.352. The van der Waals surface area contributed by atoms with Crippen LogP contribution in [0.25, 0.3) is 11.0 Å². The molecule has 4 aromatic rings. The predicted octanol–water partition coefficient (Wildman–Crippen LogP) is 4.82. The number of methoxy groups -OCH3 is 1. The topological polar surface area (TPSA) is 126 Å². The lowest BCUT2D eigenvalue weighted by molar-refractivity contribution is 0.415.